The Hall–Kier alpha value is -2.48. The summed E-state index contributed by atoms with van der Waals surface area (Å²) in [6.45, 7) is 2.04. The zero-order valence-corrected chi connectivity index (χ0v) is 17.2. The summed E-state index contributed by atoms with van der Waals surface area (Å²) >= 11 is 1.66. The van der Waals surface area contributed by atoms with Gasteiger partial charge in [-0.05, 0) is 25.3 Å². The number of thiazole rings is 1. The van der Waals surface area contributed by atoms with E-state index in [1.165, 1.54) is 19.3 Å². The molecule has 0 unspecified atom stereocenters. The second-order valence-corrected chi connectivity index (χ2v) is 8.02. The van der Waals surface area contributed by atoms with Gasteiger partial charge in [-0.15, -0.1) is 0 Å². The van der Waals surface area contributed by atoms with E-state index in [0.29, 0.717) is 29.5 Å². The number of anilines is 2. The van der Waals surface area contributed by atoms with Crippen LogP contribution < -0.4 is 24.4 Å². The number of benzene rings is 1. The number of carbonyl (C=O) groups excluding carboxylic acids is 1. The van der Waals surface area contributed by atoms with Crippen molar-refractivity contribution in [3.63, 3.8) is 0 Å². The third kappa shape index (κ3) is 3.37. The van der Waals surface area contributed by atoms with Crippen LogP contribution in [0.3, 0.4) is 0 Å². The lowest BCUT2D eigenvalue weighted by atomic mass is 9.90. The Bertz CT molecular complexity index is 877. The van der Waals surface area contributed by atoms with Crippen molar-refractivity contribution in [2.45, 2.75) is 31.6 Å². The minimum Gasteiger partial charge on any atom is -0.496 e. The molecule has 4 rings (SSSR count). The van der Waals surface area contributed by atoms with Crippen LogP contribution in [0, 0.1) is 0 Å². The molecule has 1 saturated heterocycles. The molecule has 2 aliphatic heterocycles. The molecule has 0 bridgehead atoms. The average molecular weight is 404 g/mol. The maximum atomic E-state index is 12.4. The highest BCUT2D eigenvalue weighted by atomic mass is 32.1. The lowest BCUT2D eigenvalue weighted by Gasteiger charge is -2.25. The fourth-order valence-corrected chi connectivity index (χ4v) is 5.10. The summed E-state index contributed by atoms with van der Waals surface area (Å²) in [5.41, 5.74) is 0.907. The van der Waals surface area contributed by atoms with Crippen molar-refractivity contribution >= 4 is 28.2 Å². The van der Waals surface area contributed by atoms with E-state index in [4.69, 9.17) is 19.2 Å². The molecule has 1 fully saturated rings. The first-order chi connectivity index (χ1) is 13.6. The SMILES string of the molecule is COc1cc(OC)c([C@H]2CC(=O)Nc3nc(N4CCCCC4)sc32)cc1OC. The Morgan fingerprint density at radius 2 is 1.71 bits per heavy atom. The molecule has 0 radical (unpaired) electrons. The molecule has 1 atom stereocenters. The summed E-state index contributed by atoms with van der Waals surface area (Å²) in [4.78, 5) is 20.5. The van der Waals surface area contributed by atoms with E-state index in [0.717, 1.165) is 28.7 Å². The number of methoxy groups -OCH3 is 3. The van der Waals surface area contributed by atoms with E-state index in [9.17, 15) is 4.79 Å². The molecule has 0 spiro atoms. The highest BCUT2D eigenvalue weighted by Gasteiger charge is 2.34. The number of hydrogen-bond donors (Lipinski definition) is 1. The fraction of sp³-hybridized carbons (Fsp3) is 0.500. The summed E-state index contributed by atoms with van der Waals surface area (Å²) in [6.07, 6.45) is 3.98. The molecule has 7 nitrogen and oxygen atoms in total. The van der Waals surface area contributed by atoms with Gasteiger partial charge in [0.15, 0.2) is 16.6 Å². The van der Waals surface area contributed by atoms with E-state index >= 15 is 0 Å². The molecule has 0 aliphatic carbocycles. The third-order valence-electron chi connectivity index (χ3n) is 5.34. The number of nitrogens with zero attached hydrogens (tertiary/aromatic N) is 2. The lowest BCUT2D eigenvalue weighted by Crippen LogP contribution is -2.29. The van der Waals surface area contributed by atoms with Crippen molar-refractivity contribution in [1.29, 1.82) is 0 Å². The molecule has 3 heterocycles. The molecular weight excluding hydrogens is 378 g/mol. The molecule has 1 aromatic carbocycles. The first kappa shape index (κ1) is 18.9. The zero-order valence-electron chi connectivity index (χ0n) is 16.4. The fourth-order valence-electron chi connectivity index (χ4n) is 3.90. The van der Waals surface area contributed by atoms with Gasteiger partial charge in [-0.3, -0.25) is 4.79 Å². The molecular formula is C20H25N3O4S. The predicted octanol–water partition coefficient (Wildman–Crippen LogP) is 3.63. The Balaban J connectivity index is 1.77. The number of fused-ring (bicyclic) bond motifs is 1. The van der Waals surface area contributed by atoms with E-state index in [1.54, 1.807) is 32.7 Å². The van der Waals surface area contributed by atoms with E-state index in [2.05, 4.69) is 10.2 Å². The largest absolute Gasteiger partial charge is 0.496 e. The summed E-state index contributed by atoms with van der Waals surface area (Å²) in [6, 6.07) is 3.72. The number of nitrogens with one attached hydrogen (secondary N) is 1. The minimum atomic E-state index is -0.130. The van der Waals surface area contributed by atoms with Crippen LogP contribution in [0.15, 0.2) is 12.1 Å². The number of aromatic nitrogens is 1. The third-order valence-corrected chi connectivity index (χ3v) is 6.57. The van der Waals surface area contributed by atoms with Gasteiger partial charge in [0.25, 0.3) is 0 Å². The Kier molecular flexibility index (Phi) is 5.30. The van der Waals surface area contributed by atoms with Crippen molar-refractivity contribution in [2.24, 2.45) is 0 Å². The second kappa shape index (κ2) is 7.87. The number of hydrogen-bond acceptors (Lipinski definition) is 7. The van der Waals surface area contributed by atoms with Crippen molar-refractivity contribution < 1.29 is 19.0 Å². The summed E-state index contributed by atoms with van der Waals surface area (Å²) in [7, 11) is 4.83. The Morgan fingerprint density at radius 1 is 1.04 bits per heavy atom. The highest BCUT2D eigenvalue weighted by Crippen LogP contribution is 2.48. The zero-order chi connectivity index (χ0) is 19.7. The second-order valence-electron chi connectivity index (χ2n) is 7.01. The number of rotatable bonds is 5. The number of ether oxygens (including phenoxy) is 3. The first-order valence-corrected chi connectivity index (χ1v) is 10.3. The van der Waals surface area contributed by atoms with Crippen LogP contribution in [0.25, 0.3) is 0 Å². The van der Waals surface area contributed by atoms with Crippen LogP contribution in [0.2, 0.25) is 0 Å². The monoisotopic (exact) mass is 403 g/mol. The van der Waals surface area contributed by atoms with Gasteiger partial charge in [-0.2, -0.15) is 0 Å². The quantitative estimate of drug-likeness (QED) is 0.822. The van der Waals surface area contributed by atoms with Crippen molar-refractivity contribution in [3.8, 4) is 17.2 Å². The molecule has 2 aliphatic rings. The maximum Gasteiger partial charge on any atom is 0.226 e. The maximum absolute atomic E-state index is 12.4. The van der Waals surface area contributed by atoms with Gasteiger partial charge in [-0.1, -0.05) is 11.3 Å². The van der Waals surface area contributed by atoms with Gasteiger partial charge in [0.1, 0.15) is 11.6 Å². The van der Waals surface area contributed by atoms with Gasteiger partial charge in [0.2, 0.25) is 5.91 Å². The van der Waals surface area contributed by atoms with Crippen LogP contribution >= 0.6 is 11.3 Å². The molecule has 1 aromatic heterocycles. The van der Waals surface area contributed by atoms with Crippen molar-refractivity contribution in [1.82, 2.24) is 4.98 Å². The number of piperidine rings is 1. The van der Waals surface area contributed by atoms with E-state index < -0.39 is 0 Å². The van der Waals surface area contributed by atoms with Gasteiger partial charge in [0.05, 0.1) is 26.2 Å². The van der Waals surface area contributed by atoms with Crippen LogP contribution in [0.1, 0.15) is 42.0 Å². The molecule has 150 valence electrons. The summed E-state index contributed by atoms with van der Waals surface area (Å²) < 4.78 is 16.5. The number of amides is 1. The van der Waals surface area contributed by atoms with Crippen molar-refractivity contribution in [3.05, 3.63) is 22.6 Å². The molecule has 1 N–H and O–H groups in total. The van der Waals surface area contributed by atoms with Gasteiger partial charge >= 0.3 is 0 Å². The summed E-state index contributed by atoms with van der Waals surface area (Å²) in [5.74, 6) is 2.40. The minimum absolute atomic E-state index is 0.0372. The molecule has 0 saturated carbocycles. The Labute approximate surface area is 168 Å². The molecule has 8 heteroatoms. The first-order valence-electron chi connectivity index (χ1n) is 9.50. The van der Waals surface area contributed by atoms with Gasteiger partial charge in [0, 0.05) is 37.1 Å². The normalized spacial score (nSPS) is 19.0. The predicted molar refractivity (Wildman–Crippen MR) is 109 cm³/mol. The van der Waals surface area contributed by atoms with Crippen LogP contribution in [0.5, 0.6) is 17.2 Å². The summed E-state index contributed by atoms with van der Waals surface area (Å²) in [5, 5.41) is 3.93. The van der Waals surface area contributed by atoms with E-state index in [-0.39, 0.29) is 11.8 Å². The van der Waals surface area contributed by atoms with Crippen LogP contribution in [-0.4, -0.2) is 45.3 Å². The highest BCUT2D eigenvalue weighted by molar-refractivity contribution is 7.16. The van der Waals surface area contributed by atoms with Gasteiger partial charge in [-0.25, -0.2) is 4.98 Å². The molecule has 1 amide bonds. The van der Waals surface area contributed by atoms with Crippen LogP contribution in [-0.2, 0) is 4.79 Å². The smallest absolute Gasteiger partial charge is 0.226 e. The van der Waals surface area contributed by atoms with Gasteiger partial charge < -0.3 is 24.4 Å². The molecule has 28 heavy (non-hydrogen) atoms. The van der Waals surface area contributed by atoms with E-state index in [1.807, 2.05) is 12.1 Å². The lowest BCUT2D eigenvalue weighted by molar-refractivity contribution is -0.116. The Morgan fingerprint density at radius 3 is 2.39 bits per heavy atom. The number of carbonyl (C=O) groups is 1. The standard InChI is InChI=1S/C20H25N3O4S/c1-25-14-11-16(27-3)15(26-2)9-12(14)13-10-17(24)21-19-18(13)28-20(22-19)23-7-5-4-6-8-23/h9,11,13H,4-8,10H2,1-3H3,(H,21,24)/t13-/m1/s1. The topological polar surface area (TPSA) is 72.9 Å². The molecule has 2 aromatic rings. The van der Waals surface area contributed by atoms with Crippen LogP contribution in [0.4, 0.5) is 10.9 Å². The average Bonchev–Trinajstić information content (AvgIpc) is 3.16. The van der Waals surface area contributed by atoms with Crippen molar-refractivity contribution in [2.75, 3.05) is 44.6 Å².